The van der Waals surface area contributed by atoms with Crippen LogP contribution in [0.1, 0.15) is 19.3 Å². The standard InChI is InChI=1S/C21H25N7O2/c29-21(16-6-13-30-14-7-16)27-10-2-9-26(11-12-27)19-5-4-18-23-24-20(28(18)25-19)17-3-1-8-22-15-17/h1,3-5,8,15-16H,2,6-7,9-14H2. The molecule has 0 unspecified atom stereocenters. The third kappa shape index (κ3) is 3.72. The van der Waals surface area contributed by atoms with E-state index < -0.39 is 0 Å². The van der Waals surface area contributed by atoms with E-state index in [1.54, 1.807) is 16.9 Å². The van der Waals surface area contributed by atoms with Gasteiger partial charge in [-0.15, -0.1) is 15.3 Å². The second kappa shape index (κ2) is 8.35. The average Bonchev–Trinajstić information content (AvgIpc) is 3.08. The van der Waals surface area contributed by atoms with Crippen LogP contribution in [0.15, 0.2) is 36.7 Å². The number of amides is 1. The molecular formula is C21H25N7O2. The van der Waals surface area contributed by atoms with Gasteiger partial charge < -0.3 is 14.5 Å². The number of rotatable bonds is 3. The summed E-state index contributed by atoms with van der Waals surface area (Å²) in [6.45, 7) is 4.52. The van der Waals surface area contributed by atoms with Gasteiger partial charge in [0.15, 0.2) is 11.5 Å². The molecule has 3 aromatic rings. The zero-order valence-corrected chi connectivity index (χ0v) is 16.9. The minimum absolute atomic E-state index is 0.110. The molecule has 0 N–H and O–H groups in total. The maximum atomic E-state index is 12.9. The molecule has 0 aliphatic carbocycles. The van der Waals surface area contributed by atoms with Crippen LogP contribution in [0, 0.1) is 5.92 Å². The lowest BCUT2D eigenvalue weighted by Crippen LogP contribution is -2.40. The highest BCUT2D eigenvalue weighted by Crippen LogP contribution is 2.22. The Bertz CT molecular complexity index is 1020. The van der Waals surface area contributed by atoms with E-state index in [2.05, 4.69) is 20.1 Å². The number of anilines is 1. The molecule has 156 valence electrons. The molecule has 0 bridgehead atoms. The van der Waals surface area contributed by atoms with Crippen molar-refractivity contribution in [2.75, 3.05) is 44.3 Å². The number of nitrogens with zero attached hydrogens (tertiary/aromatic N) is 7. The molecule has 2 aliphatic rings. The first-order valence-corrected chi connectivity index (χ1v) is 10.5. The molecule has 0 saturated carbocycles. The third-order valence-electron chi connectivity index (χ3n) is 5.87. The Balaban J connectivity index is 1.34. The summed E-state index contributed by atoms with van der Waals surface area (Å²) >= 11 is 0. The minimum Gasteiger partial charge on any atom is -0.381 e. The summed E-state index contributed by atoms with van der Waals surface area (Å²) in [4.78, 5) is 21.3. The van der Waals surface area contributed by atoms with E-state index in [1.165, 1.54) is 0 Å². The zero-order valence-electron chi connectivity index (χ0n) is 16.9. The molecule has 0 aromatic carbocycles. The lowest BCUT2D eigenvalue weighted by Gasteiger charge is -2.28. The molecule has 2 fully saturated rings. The van der Waals surface area contributed by atoms with E-state index in [0.717, 1.165) is 50.3 Å². The Morgan fingerprint density at radius 3 is 2.77 bits per heavy atom. The van der Waals surface area contributed by atoms with Crippen molar-refractivity contribution in [1.29, 1.82) is 0 Å². The van der Waals surface area contributed by atoms with Gasteiger partial charge in [0.25, 0.3) is 0 Å². The first-order chi connectivity index (χ1) is 14.8. The van der Waals surface area contributed by atoms with Gasteiger partial charge in [0.05, 0.1) is 0 Å². The van der Waals surface area contributed by atoms with Gasteiger partial charge in [-0.05, 0) is 43.5 Å². The van der Waals surface area contributed by atoms with Gasteiger partial charge in [0.2, 0.25) is 5.91 Å². The van der Waals surface area contributed by atoms with Gasteiger partial charge in [-0.2, -0.15) is 4.52 Å². The van der Waals surface area contributed by atoms with Crippen molar-refractivity contribution in [3.8, 4) is 11.4 Å². The summed E-state index contributed by atoms with van der Waals surface area (Å²) in [5.41, 5.74) is 1.57. The summed E-state index contributed by atoms with van der Waals surface area (Å²) in [6.07, 6.45) is 6.09. The molecule has 2 saturated heterocycles. The summed E-state index contributed by atoms with van der Waals surface area (Å²) < 4.78 is 7.17. The van der Waals surface area contributed by atoms with E-state index in [1.807, 2.05) is 29.2 Å². The summed E-state index contributed by atoms with van der Waals surface area (Å²) in [5, 5.41) is 13.3. The molecular weight excluding hydrogens is 382 g/mol. The molecule has 0 spiro atoms. The Morgan fingerprint density at radius 1 is 1.03 bits per heavy atom. The van der Waals surface area contributed by atoms with Crippen LogP contribution in [0.4, 0.5) is 5.82 Å². The van der Waals surface area contributed by atoms with E-state index in [-0.39, 0.29) is 11.8 Å². The predicted octanol–water partition coefficient (Wildman–Crippen LogP) is 1.65. The van der Waals surface area contributed by atoms with Gasteiger partial charge in [-0.3, -0.25) is 9.78 Å². The van der Waals surface area contributed by atoms with Crippen LogP contribution >= 0.6 is 0 Å². The van der Waals surface area contributed by atoms with E-state index in [4.69, 9.17) is 9.84 Å². The second-order valence-corrected chi connectivity index (χ2v) is 7.78. The summed E-state index contributed by atoms with van der Waals surface area (Å²) in [7, 11) is 0. The van der Waals surface area contributed by atoms with Crippen LogP contribution in [0.25, 0.3) is 17.0 Å². The van der Waals surface area contributed by atoms with Gasteiger partial charge in [0, 0.05) is 63.3 Å². The fourth-order valence-corrected chi connectivity index (χ4v) is 4.19. The maximum absolute atomic E-state index is 12.9. The molecule has 3 aromatic heterocycles. The predicted molar refractivity (Wildman–Crippen MR) is 111 cm³/mol. The second-order valence-electron chi connectivity index (χ2n) is 7.78. The highest BCUT2D eigenvalue weighted by atomic mass is 16.5. The zero-order chi connectivity index (χ0) is 20.3. The lowest BCUT2D eigenvalue weighted by atomic mass is 9.98. The number of fused-ring (bicyclic) bond motifs is 1. The van der Waals surface area contributed by atoms with E-state index >= 15 is 0 Å². The van der Waals surface area contributed by atoms with Crippen LogP contribution < -0.4 is 4.90 Å². The minimum atomic E-state index is 0.110. The quantitative estimate of drug-likeness (QED) is 0.652. The van der Waals surface area contributed by atoms with Crippen molar-refractivity contribution in [2.45, 2.75) is 19.3 Å². The first-order valence-electron chi connectivity index (χ1n) is 10.5. The molecule has 9 heteroatoms. The Kier molecular flexibility index (Phi) is 5.27. The molecule has 2 aliphatic heterocycles. The summed E-state index contributed by atoms with van der Waals surface area (Å²) in [5.74, 6) is 1.93. The van der Waals surface area contributed by atoms with Crippen molar-refractivity contribution >= 4 is 17.4 Å². The number of pyridine rings is 1. The van der Waals surface area contributed by atoms with Gasteiger partial charge in [-0.25, -0.2) is 0 Å². The van der Waals surface area contributed by atoms with Crippen LogP contribution in [0.3, 0.4) is 0 Å². The van der Waals surface area contributed by atoms with Crippen molar-refractivity contribution in [1.82, 2.24) is 29.7 Å². The SMILES string of the molecule is O=C(C1CCOCC1)N1CCCN(c2ccc3nnc(-c4cccnc4)n3n2)CC1. The fraction of sp³-hybridized carbons (Fsp3) is 0.476. The molecule has 5 rings (SSSR count). The van der Waals surface area contributed by atoms with Crippen molar-refractivity contribution in [2.24, 2.45) is 5.92 Å². The normalized spacial score (nSPS) is 18.5. The highest BCUT2D eigenvalue weighted by Gasteiger charge is 2.28. The number of carbonyl (C=O) groups excluding carboxylic acids is 1. The molecule has 5 heterocycles. The monoisotopic (exact) mass is 407 g/mol. The molecule has 1 amide bonds. The highest BCUT2D eigenvalue weighted by molar-refractivity contribution is 5.79. The number of aromatic nitrogens is 5. The smallest absolute Gasteiger partial charge is 0.225 e. The maximum Gasteiger partial charge on any atom is 0.225 e. The van der Waals surface area contributed by atoms with Crippen LogP contribution in [-0.4, -0.2) is 75.0 Å². The number of hydrogen-bond donors (Lipinski definition) is 0. The Hall–Kier alpha value is -3.07. The topological polar surface area (TPSA) is 88.8 Å². The Labute approximate surface area is 174 Å². The number of carbonyl (C=O) groups is 1. The molecule has 9 nitrogen and oxygen atoms in total. The average molecular weight is 407 g/mol. The van der Waals surface area contributed by atoms with Crippen molar-refractivity contribution < 1.29 is 9.53 Å². The van der Waals surface area contributed by atoms with Crippen molar-refractivity contribution in [3.63, 3.8) is 0 Å². The van der Waals surface area contributed by atoms with Crippen molar-refractivity contribution in [3.05, 3.63) is 36.7 Å². The third-order valence-corrected chi connectivity index (χ3v) is 5.87. The van der Waals surface area contributed by atoms with Gasteiger partial charge in [0.1, 0.15) is 5.82 Å². The van der Waals surface area contributed by atoms with Gasteiger partial charge in [-0.1, -0.05) is 0 Å². The van der Waals surface area contributed by atoms with Gasteiger partial charge >= 0.3 is 0 Å². The summed E-state index contributed by atoms with van der Waals surface area (Å²) in [6, 6.07) is 7.74. The fourth-order valence-electron chi connectivity index (χ4n) is 4.19. The van der Waals surface area contributed by atoms with E-state index in [9.17, 15) is 4.79 Å². The van der Waals surface area contributed by atoms with Crippen LogP contribution in [-0.2, 0) is 9.53 Å². The molecule has 0 atom stereocenters. The molecule has 0 radical (unpaired) electrons. The Morgan fingerprint density at radius 2 is 1.93 bits per heavy atom. The van der Waals surface area contributed by atoms with Crippen LogP contribution in [0.2, 0.25) is 0 Å². The molecule has 30 heavy (non-hydrogen) atoms. The lowest BCUT2D eigenvalue weighted by molar-refractivity contribution is -0.138. The number of ether oxygens (including phenoxy) is 1. The first kappa shape index (κ1) is 18.9. The van der Waals surface area contributed by atoms with Crippen LogP contribution in [0.5, 0.6) is 0 Å². The number of hydrogen-bond acceptors (Lipinski definition) is 7. The van der Waals surface area contributed by atoms with E-state index in [0.29, 0.717) is 31.2 Å². The largest absolute Gasteiger partial charge is 0.381 e.